The molecule has 9 nitrogen and oxygen atoms in total. The van der Waals surface area contributed by atoms with Gasteiger partial charge in [-0.1, -0.05) is 6.07 Å². The predicted molar refractivity (Wildman–Crippen MR) is 147 cm³/mol. The van der Waals surface area contributed by atoms with Crippen LogP contribution in [-0.4, -0.2) is 64.5 Å². The number of nitrogens with zero attached hydrogens (tertiary/aromatic N) is 4. The van der Waals surface area contributed by atoms with Crippen molar-refractivity contribution in [2.45, 2.75) is 83.5 Å². The molecular weight excluding hydrogens is 482 g/mol. The van der Waals surface area contributed by atoms with E-state index in [4.69, 9.17) is 24.9 Å². The molecule has 206 valence electrons. The lowest BCUT2D eigenvalue weighted by Crippen LogP contribution is -2.42. The largest absolute Gasteiger partial charge is 0.491 e. The maximum Gasteiger partial charge on any atom is 0.410 e. The van der Waals surface area contributed by atoms with Crippen molar-refractivity contribution < 1.29 is 19.0 Å². The summed E-state index contributed by atoms with van der Waals surface area (Å²) in [6.45, 7) is 12.6. The molecule has 0 aliphatic carbocycles. The highest BCUT2D eigenvalue weighted by Crippen LogP contribution is 2.47. The van der Waals surface area contributed by atoms with Crippen LogP contribution in [0.3, 0.4) is 0 Å². The molecular formula is C29H41N5O4. The van der Waals surface area contributed by atoms with E-state index in [0.717, 1.165) is 55.0 Å². The molecule has 3 aliphatic heterocycles. The molecule has 2 unspecified atom stereocenters. The second kappa shape index (κ2) is 10.2. The van der Waals surface area contributed by atoms with Gasteiger partial charge in [-0.15, -0.1) is 0 Å². The Balaban J connectivity index is 1.28. The van der Waals surface area contributed by atoms with Crippen molar-refractivity contribution in [3.8, 4) is 5.75 Å². The van der Waals surface area contributed by atoms with Crippen LogP contribution in [0.1, 0.15) is 71.9 Å². The van der Waals surface area contributed by atoms with E-state index < -0.39 is 5.60 Å². The molecule has 38 heavy (non-hydrogen) atoms. The van der Waals surface area contributed by atoms with Gasteiger partial charge in [-0.25, -0.2) is 14.8 Å². The molecule has 2 saturated heterocycles. The summed E-state index contributed by atoms with van der Waals surface area (Å²) in [6.07, 6.45) is 5.27. The first-order valence-electron chi connectivity index (χ1n) is 13.8. The van der Waals surface area contributed by atoms with Crippen molar-refractivity contribution in [2.24, 2.45) is 5.92 Å². The molecule has 1 aromatic carbocycles. The number of nitrogen functional groups attached to an aromatic ring is 1. The van der Waals surface area contributed by atoms with Gasteiger partial charge >= 0.3 is 6.09 Å². The molecule has 9 heteroatoms. The molecule has 0 spiro atoms. The van der Waals surface area contributed by atoms with Crippen molar-refractivity contribution >= 4 is 23.3 Å². The van der Waals surface area contributed by atoms with E-state index in [1.165, 1.54) is 0 Å². The Hall–Kier alpha value is -3.07. The van der Waals surface area contributed by atoms with Crippen LogP contribution < -0.4 is 15.4 Å². The summed E-state index contributed by atoms with van der Waals surface area (Å²) in [5.74, 6) is 1.88. The number of ether oxygens (including phenoxy) is 3. The highest BCUT2D eigenvalue weighted by molar-refractivity contribution is 5.78. The molecule has 0 saturated carbocycles. The first-order chi connectivity index (χ1) is 18.0. The van der Waals surface area contributed by atoms with Gasteiger partial charge in [0.15, 0.2) is 5.82 Å². The van der Waals surface area contributed by atoms with Gasteiger partial charge in [0.1, 0.15) is 30.0 Å². The molecule has 4 heterocycles. The first kappa shape index (κ1) is 26.5. The highest BCUT2D eigenvalue weighted by Gasteiger charge is 2.40. The van der Waals surface area contributed by atoms with Gasteiger partial charge < -0.3 is 29.7 Å². The SMILES string of the molecule is CC(C)(C)OC(=O)N1CCC(C2CN(c3cccc(OCC4CCC(C)(C)O4)c3)c3c(N)ncnc32)CC1. The van der Waals surface area contributed by atoms with E-state index in [0.29, 0.717) is 31.4 Å². The number of aromatic nitrogens is 2. The Morgan fingerprint density at radius 1 is 1.18 bits per heavy atom. The fourth-order valence-corrected chi connectivity index (χ4v) is 5.87. The molecule has 2 aromatic rings. The lowest BCUT2D eigenvalue weighted by atomic mass is 9.83. The topological polar surface area (TPSA) is 103 Å². The van der Waals surface area contributed by atoms with E-state index in [9.17, 15) is 4.79 Å². The summed E-state index contributed by atoms with van der Waals surface area (Å²) < 4.78 is 17.8. The van der Waals surface area contributed by atoms with Crippen LogP contribution in [0.15, 0.2) is 30.6 Å². The van der Waals surface area contributed by atoms with E-state index in [1.807, 2.05) is 37.8 Å². The summed E-state index contributed by atoms with van der Waals surface area (Å²) >= 11 is 0. The number of fused-ring (bicyclic) bond motifs is 1. The molecule has 0 radical (unpaired) electrons. The minimum Gasteiger partial charge on any atom is -0.491 e. The maximum absolute atomic E-state index is 12.6. The predicted octanol–water partition coefficient (Wildman–Crippen LogP) is 5.28. The Bertz CT molecular complexity index is 1160. The summed E-state index contributed by atoms with van der Waals surface area (Å²) in [4.78, 5) is 25.6. The van der Waals surface area contributed by atoms with Crippen LogP contribution in [0, 0.1) is 5.92 Å². The van der Waals surface area contributed by atoms with Crippen LogP contribution in [-0.2, 0) is 9.47 Å². The fraction of sp³-hybridized carbons (Fsp3) is 0.621. The Labute approximate surface area is 225 Å². The number of rotatable bonds is 5. The molecule has 2 N–H and O–H groups in total. The summed E-state index contributed by atoms with van der Waals surface area (Å²) in [5, 5.41) is 0. The van der Waals surface area contributed by atoms with Gasteiger partial charge in [0.25, 0.3) is 0 Å². The summed E-state index contributed by atoms with van der Waals surface area (Å²) in [7, 11) is 0. The number of anilines is 3. The zero-order chi connectivity index (χ0) is 27.1. The quantitative estimate of drug-likeness (QED) is 0.565. The summed E-state index contributed by atoms with van der Waals surface area (Å²) in [5.41, 5.74) is 8.71. The van der Waals surface area contributed by atoms with Gasteiger partial charge in [-0.3, -0.25) is 0 Å². The van der Waals surface area contributed by atoms with Gasteiger partial charge in [0.2, 0.25) is 0 Å². The normalized spacial score (nSPS) is 23.4. The first-order valence-corrected chi connectivity index (χ1v) is 13.8. The molecule has 2 atom stereocenters. The third kappa shape index (κ3) is 5.82. The van der Waals surface area contributed by atoms with Crippen LogP contribution >= 0.6 is 0 Å². The maximum atomic E-state index is 12.6. The lowest BCUT2D eigenvalue weighted by molar-refractivity contribution is -0.0326. The number of benzene rings is 1. The van der Waals surface area contributed by atoms with Crippen molar-refractivity contribution in [2.75, 3.05) is 36.9 Å². The van der Waals surface area contributed by atoms with Crippen molar-refractivity contribution in [1.82, 2.24) is 14.9 Å². The number of carbonyl (C=O) groups excluding carboxylic acids is 1. The average Bonchev–Trinajstić information content (AvgIpc) is 3.43. The average molecular weight is 524 g/mol. The third-order valence-corrected chi connectivity index (χ3v) is 7.76. The number of hydrogen-bond acceptors (Lipinski definition) is 8. The number of carbonyl (C=O) groups is 1. The van der Waals surface area contributed by atoms with E-state index >= 15 is 0 Å². The van der Waals surface area contributed by atoms with Gasteiger partial charge in [-0.2, -0.15) is 0 Å². The second-order valence-corrected chi connectivity index (χ2v) is 12.4. The Kier molecular flexibility index (Phi) is 7.15. The number of piperidine rings is 1. The molecule has 1 amide bonds. The molecule has 3 aliphatic rings. The van der Waals surface area contributed by atoms with Crippen LogP contribution in [0.2, 0.25) is 0 Å². The van der Waals surface area contributed by atoms with Crippen molar-refractivity contribution in [1.29, 1.82) is 0 Å². The highest BCUT2D eigenvalue weighted by atomic mass is 16.6. The monoisotopic (exact) mass is 523 g/mol. The summed E-state index contributed by atoms with van der Waals surface area (Å²) in [6, 6.07) is 8.13. The number of hydrogen-bond donors (Lipinski definition) is 1. The molecule has 0 bridgehead atoms. The van der Waals surface area contributed by atoms with E-state index in [1.54, 1.807) is 6.33 Å². The lowest BCUT2D eigenvalue weighted by Gasteiger charge is -2.35. The Morgan fingerprint density at radius 3 is 2.63 bits per heavy atom. The standard InChI is InChI=1S/C29H41N5O4/c1-28(2,3)38-27(35)33-13-10-19(11-14-33)23-16-34(25-24(23)31-18-32-26(25)30)20-7-6-8-21(15-20)36-17-22-9-12-29(4,5)37-22/h6-8,15,18-19,22-23H,9-14,16-17H2,1-5H3,(H2,30,31,32). The minimum absolute atomic E-state index is 0.0786. The van der Waals surface area contributed by atoms with Crippen LogP contribution in [0.4, 0.5) is 22.0 Å². The van der Waals surface area contributed by atoms with Gasteiger partial charge in [0.05, 0.1) is 17.4 Å². The van der Waals surface area contributed by atoms with Gasteiger partial charge in [0, 0.05) is 37.3 Å². The van der Waals surface area contributed by atoms with Crippen molar-refractivity contribution in [3.63, 3.8) is 0 Å². The van der Waals surface area contributed by atoms with Gasteiger partial charge in [-0.05, 0) is 78.4 Å². The number of nitrogens with two attached hydrogens (primary N) is 1. The molecule has 1 aromatic heterocycles. The van der Waals surface area contributed by atoms with Crippen molar-refractivity contribution in [3.05, 3.63) is 36.3 Å². The number of amides is 1. The smallest absolute Gasteiger partial charge is 0.410 e. The van der Waals surface area contributed by atoms with E-state index in [2.05, 4.69) is 35.9 Å². The Morgan fingerprint density at radius 2 is 1.95 bits per heavy atom. The number of likely N-dealkylation sites (tertiary alicyclic amines) is 1. The van der Waals surface area contributed by atoms with E-state index in [-0.39, 0.29) is 23.7 Å². The zero-order valence-electron chi connectivity index (χ0n) is 23.3. The molecule has 5 rings (SSSR count). The minimum atomic E-state index is -0.494. The second-order valence-electron chi connectivity index (χ2n) is 12.4. The third-order valence-electron chi connectivity index (χ3n) is 7.76. The van der Waals surface area contributed by atoms with Crippen LogP contribution in [0.5, 0.6) is 5.75 Å². The fourth-order valence-electron chi connectivity index (χ4n) is 5.87. The zero-order valence-corrected chi connectivity index (χ0v) is 23.3. The molecule has 2 fully saturated rings. The van der Waals surface area contributed by atoms with Crippen LogP contribution in [0.25, 0.3) is 0 Å².